The Morgan fingerprint density at radius 3 is 2.93 bits per heavy atom. The van der Waals surface area contributed by atoms with Gasteiger partial charge >= 0.3 is 0 Å². The minimum Gasteiger partial charge on any atom is -0.459 e. The number of rotatable bonds is 5. The largest absolute Gasteiger partial charge is 0.459 e. The predicted molar refractivity (Wildman–Crippen MR) is 61.8 cm³/mol. The van der Waals surface area contributed by atoms with Gasteiger partial charge in [-0.25, -0.2) is 0 Å². The standard InChI is InChI=1S/C10H14N2O2S/c1-7-4-6-14-9(7)10(13)12-5-2-3-8(11)15/h4,6H,2-3,5H2,1H3,(H2,11,15)(H,12,13). The molecule has 4 nitrogen and oxygen atoms in total. The van der Waals surface area contributed by atoms with Crippen molar-refractivity contribution in [3.05, 3.63) is 23.7 Å². The van der Waals surface area contributed by atoms with Crippen LogP contribution in [0.2, 0.25) is 0 Å². The molecule has 5 heteroatoms. The summed E-state index contributed by atoms with van der Waals surface area (Å²) in [6.07, 6.45) is 2.90. The normalized spacial score (nSPS) is 9.93. The van der Waals surface area contributed by atoms with Gasteiger partial charge in [-0.3, -0.25) is 4.79 Å². The zero-order valence-electron chi connectivity index (χ0n) is 8.58. The van der Waals surface area contributed by atoms with E-state index in [2.05, 4.69) is 5.32 Å². The number of nitrogens with two attached hydrogens (primary N) is 1. The summed E-state index contributed by atoms with van der Waals surface area (Å²) in [5, 5.41) is 2.73. The highest BCUT2D eigenvalue weighted by Gasteiger charge is 2.11. The molecule has 0 aliphatic rings. The summed E-state index contributed by atoms with van der Waals surface area (Å²) in [7, 11) is 0. The van der Waals surface area contributed by atoms with Gasteiger partial charge in [-0.15, -0.1) is 0 Å². The van der Waals surface area contributed by atoms with Crippen LogP contribution >= 0.6 is 12.2 Å². The van der Waals surface area contributed by atoms with Crippen molar-refractivity contribution < 1.29 is 9.21 Å². The quantitative estimate of drug-likeness (QED) is 0.588. The number of furan rings is 1. The summed E-state index contributed by atoms with van der Waals surface area (Å²) in [6, 6.07) is 1.75. The molecule has 0 atom stereocenters. The van der Waals surface area contributed by atoms with Gasteiger partial charge < -0.3 is 15.5 Å². The Labute approximate surface area is 93.8 Å². The maximum absolute atomic E-state index is 11.5. The van der Waals surface area contributed by atoms with Crippen LogP contribution in [0.1, 0.15) is 29.0 Å². The molecule has 82 valence electrons. The number of nitrogens with one attached hydrogen (secondary N) is 1. The fraction of sp³-hybridized carbons (Fsp3) is 0.400. The lowest BCUT2D eigenvalue weighted by molar-refractivity contribution is 0.0925. The number of carbonyl (C=O) groups is 1. The zero-order chi connectivity index (χ0) is 11.3. The smallest absolute Gasteiger partial charge is 0.287 e. The van der Waals surface area contributed by atoms with E-state index in [1.165, 1.54) is 6.26 Å². The molecule has 0 saturated carbocycles. The molecule has 0 aliphatic carbocycles. The molecule has 0 fully saturated rings. The lowest BCUT2D eigenvalue weighted by Gasteiger charge is -2.02. The number of hydrogen-bond acceptors (Lipinski definition) is 3. The van der Waals surface area contributed by atoms with Gasteiger partial charge in [-0.05, 0) is 25.8 Å². The van der Waals surface area contributed by atoms with Gasteiger partial charge in [0.15, 0.2) is 5.76 Å². The van der Waals surface area contributed by atoms with E-state index in [4.69, 9.17) is 22.4 Å². The minimum atomic E-state index is -0.194. The van der Waals surface area contributed by atoms with Gasteiger partial charge in [0.1, 0.15) is 0 Å². The molecule has 0 saturated heterocycles. The first-order valence-corrected chi connectivity index (χ1v) is 5.12. The van der Waals surface area contributed by atoms with E-state index in [-0.39, 0.29) is 5.91 Å². The fourth-order valence-corrected chi connectivity index (χ4v) is 1.29. The third-order valence-electron chi connectivity index (χ3n) is 1.95. The average molecular weight is 226 g/mol. The summed E-state index contributed by atoms with van der Waals surface area (Å²) >= 11 is 4.72. The summed E-state index contributed by atoms with van der Waals surface area (Å²) in [4.78, 5) is 12.0. The van der Waals surface area contributed by atoms with E-state index >= 15 is 0 Å². The van der Waals surface area contributed by atoms with E-state index in [1.807, 2.05) is 6.92 Å². The number of carbonyl (C=O) groups excluding carboxylic acids is 1. The summed E-state index contributed by atoms with van der Waals surface area (Å²) in [6.45, 7) is 2.38. The number of amides is 1. The molecule has 3 N–H and O–H groups in total. The maximum Gasteiger partial charge on any atom is 0.287 e. The molecule has 1 heterocycles. The molecule has 0 unspecified atom stereocenters. The van der Waals surface area contributed by atoms with Crippen molar-refractivity contribution in [3.8, 4) is 0 Å². The highest BCUT2D eigenvalue weighted by Crippen LogP contribution is 2.07. The van der Waals surface area contributed by atoms with Gasteiger partial charge in [0.2, 0.25) is 0 Å². The highest BCUT2D eigenvalue weighted by atomic mass is 32.1. The average Bonchev–Trinajstić information content (AvgIpc) is 2.58. The summed E-state index contributed by atoms with van der Waals surface area (Å²) < 4.78 is 5.04. The Bertz CT molecular complexity index is 360. The van der Waals surface area contributed by atoms with Crippen LogP contribution in [0.3, 0.4) is 0 Å². The number of hydrogen-bond donors (Lipinski definition) is 2. The molecule has 1 aromatic rings. The van der Waals surface area contributed by atoms with Crippen molar-refractivity contribution in [1.29, 1.82) is 0 Å². The molecule has 1 rings (SSSR count). The van der Waals surface area contributed by atoms with Crippen LogP contribution in [0.5, 0.6) is 0 Å². The van der Waals surface area contributed by atoms with Crippen LogP contribution in [-0.4, -0.2) is 17.4 Å². The van der Waals surface area contributed by atoms with E-state index < -0.39 is 0 Å². The van der Waals surface area contributed by atoms with Crippen molar-refractivity contribution >= 4 is 23.1 Å². The lowest BCUT2D eigenvalue weighted by atomic mass is 10.2. The first-order valence-electron chi connectivity index (χ1n) is 4.72. The van der Waals surface area contributed by atoms with Crippen molar-refractivity contribution in [3.63, 3.8) is 0 Å². The molecule has 15 heavy (non-hydrogen) atoms. The fourth-order valence-electron chi connectivity index (χ4n) is 1.15. The Morgan fingerprint density at radius 2 is 2.40 bits per heavy atom. The first-order chi connectivity index (χ1) is 7.11. The van der Waals surface area contributed by atoms with Gasteiger partial charge in [-0.2, -0.15) is 0 Å². The molecule has 0 radical (unpaired) electrons. The summed E-state index contributed by atoms with van der Waals surface area (Å²) in [5.41, 5.74) is 6.16. The molecule has 0 aromatic carbocycles. The van der Waals surface area contributed by atoms with Crippen molar-refractivity contribution in [2.24, 2.45) is 5.73 Å². The number of thiocarbonyl (C=S) groups is 1. The Kier molecular flexibility index (Phi) is 4.30. The molecular weight excluding hydrogens is 212 g/mol. The van der Waals surface area contributed by atoms with E-state index in [0.717, 1.165) is 12.0 Å². The molecule has 1 aromatic heterocycles. The van der Waals surface area contributed by atoms with Crippen LogP contribution in [0.4, 0.5) is 0 Å². The lowest BCUT2D eigenvalue weighted by Crippen LogP contribution is -2.25. The molecular formula is C10H14N2O2S. The Hall–Kier alpha value is -1.36. The van der Waals surface area contributed by atoms with Crippen LogP contribution in [0, 0.1) is 6.92 Å². The van der Waals surface area contributed by atoms with Gasteiger partial charge in [0, 0.05) is 12.1 Å². The van der Waals surface area contributed by atoms with Crippen LogP contribution in [0.15, 0.2) is 16.7 Å². The van der Waals surface area contributed by atoms with Gasteiger partial charge in [-0.1, -0.05) is 12.2 Å². The summed E-state index contributed by atoms with van der Waals surface area (Å²) in [5.74, 6) is 0.172. The Morgan fingerprint density at radius 1 is 1.67 bits per heavy atom. The second-order valence-corrected chi connectivity index (χ2v) is 3.78. The van der Waals surface area contributed by atoms with E-state index in [9.17, 15) is 4.79 Å². The van der Waals surface area contributed by atoms with E-state index in [0.29, 0.717) is 23.7 Å². The van der Waals surface area contributed by atoms with Gasteiger partial charge in [0.05, 0.1) is 11.3 Å². The van der Waals surface area contributed by atoms with Crippen LogP contribution < -0.4 is 11.1 Å². The zero-order valence-corrected chi connectivity index (χ0v) is 9.39. The topological polar surface area (TPSA) is 68.3 Å². The van der Waals surface area contributed by atoms with Crippen molar-refractivity contribution in [2.45, 2.75) is 19.8 Å². The maximum atomic E-state index is 11.5. The van der Waals surface area contributed by atoms with E-state index in [1.54, 1.807) is 6.07 Å². The second-order valence-electron chi connectivity index (χ2n) is 3.26. The highest BCUT2D eigenvalue weighted by molar-refractivity contribution is 7.80. The minimum absolute atomic E-state index is 0.194. The van der Waals surface area contributed by atoms with Gasteiger partial charge in [0.25, 0.3) is 5.91 Å². The van der Waals surface area contributed by atoms with Crippen LogP contribution in [-0.2, 0) is 0 Å². The molecule has 0 spiro atoms. The molecule has 1 amide bonds. The van der Waals surface area contributed by atoms with Crippen LogP contribution in [0.25, 0.3) is 0 Å². The monoisotopic (exact) mass is 226 g/mol. The Balaban J connectivity index is 2.31. The second kappa shape index (κ2) is 5.50. The first kappa shape index (κ1) is 11.7. The molecule has 0 aliphatic heterocycles. The SMILES string of the molecule is Cc1ccoc1C(=O)NCCCC(N)=S. The third-order valence-corrected chi connectivity index (χ3v) is 2.16. The third kappa shape index (κ3) is 3.71. The van der Waals surface area contributed by atoms with Crippen molar-refractivity contribution in [1.82, 2.24) is 5.32 Å². The van der Waals surface area contributed by atoms with Crippen molar-refractivity contribution in [2.75, 3.05) is 6.54 Å². The molecule has 0 bridgehead atoms. The predicted octanol–water partition coefficient (Wildman–Crippen LogP) is 1.38. The number of aryl methyl sites for hydroxylation is 1.